The number of rotatable bonds is 5. The average molecular weight is 321 g/mol. The van der Waals surface area contributed by atoms with Gasteiger partial charge in [-0.1, -0.05) is 5.16 Å². The fourth-order valence-electron chi connectivity index (χ4n) is 2.53. The molecule has 1 atom stereocenters. The second-order valence-electron chi connectivity index (χ2n) is 5.21. The summed E-state index contributed by atoms with van der Waals surface area (Å²) in [5, 5.41) is 6.67. The molecule has 2 aromatic heterocycles. The van der Waals surface area contributed by atoms with Crippen molar-refractivity contribution in [1.29, 1.82) is 0 Å². The van der Waals surface area contributed by atoms with Crippen molar-refractivity contribution in [3.05, 3.63) is 41.7 Å². The Hall–Kier alpha value is -1.73. The molecule has 0 aliphatic carbocycles. The summed E-state index contributed by atoms with van der Waals surface area (Å²) in [5.74, 6) is 3.49. The minimum absolute atomic E-state index is 0.0489. The Bertz CT molecular complexity index is 605. The summed E-state index contributed by atoms with van der Waals surface area (Å²) in [6.45, 7) is 4.24. The second-order valence-corrected chi connectivity index (χ2v) is 6.44. The third-order valence-corrected chi connectivity index (χ3v) is 4.62. The number of aromatic nitrogens is 1. The van der Waals surface area contributed by atoms with E-state index in [0.29, 0.717) is 18.0 Å². The maximum Gasteiger partial charge on any atom is 0.273 e. The highest BCUT2D eigenvalue weighted by Crippen LogP contribution is 2.24. The molecule has 1 N–H and O–H groups in total. The van der Waals surface area contributed by atoms with E-state index in [4.69, 9.17) is 8.94 Å². The van der Waals surface area contributed by atoms with Crippen molar-refractivity contribution >= 4 is 17.7 Å². The van der Waals surface area contributed by atoms with E-state index in [-0.39, 0.29) is 11.9 Å². The summed E-state index contributed by atoms with van der Waals surface area (Å²) in [7, 11) is 0. The molecule has 1 aliphatic rings. The van der Waals surface area contributed by atoms with Crippen molar-refractivity contribution in [2.75, 3.05) is 31.1 Å². The number of furan rings is 1. The summed E-state index contributed by atoms with van der Waals surface area (Å²) in [4.78, 5) is 14.5. The minimum atomic E-state index is -0.222. The number of nitrogens with one attached hydrogen (secondary N) is 1. The Morgan fingerprint density at radius 3 is 2.95 bits per heavy atom. The molecule has 7 heteroatoms. The predicted molar refractivity (Wildman–Crippen MR) is 83.9 cm³/mol. The zero-order valence-corrected chi connectivity index (χ0v) is 13.3. The van der Waals surface area contributed by atoms with Crippen molar-refractivity contribution in [2.45, 2.75) is 13.0 Å². The molecule has 1 saturated heterocycles. The van der Waals surface area contributed by atoms with Gasteiger partial charge in [-0.25, -0.2) is 0 Å². The molecule has 0 saturated carbocycles. The summed E-state index contributed by atoms with van der Waals surface area (Å²) >= 11 is 1.96. The molecule has 0 unspecified atom stereocenters. The number of aryl methyl sites for hydroxylation is 1. The maximum absolute atomic E-state index is 12.1. The van der Waals surface area contributed by atoms with E-state index < -0.39 is 0 Å². The number of amides is 1. The molecular formula is C15H19N3O3S. The van der Waals surface area contributed by atoms with E-state index in [1.165, 1.54) is 0 Å². The van der Waals surface area contributed by atoms with Crippen LogP contribution in [-0.2, 0) is 0 Å². The first-order valence-electron chi connectivity index (χ1n) is 7.31. The van der Waals surface area contributed by atoms with Gasteiger partial charge in [-0.2, -0.15) is 11.8 Å². The maximum atomic E-state index is 12.1. The normalized spacial score (nSPS) is 17.3. The van der Waals surface area contributed by atoms with Gasteiger partial charge in [-0.3, -0.25) is 9.69 Å². The van der Waals surface area contributed by atoms with Crippen LogP contribution in [0.5, 0.6) is 0 Å². The lowest BCUT2D eigenvalue weighted by molar-refractivity contribution is 0.0920. The van der Waals surface area contributed by atoms with Crippen LogP contribution in [0, 0.1) is 6.92 Å². The van der Waals surface area contributed by atoms with Crippen LogP contribution in [0.4, 0.5) is 0 Å². The lowest BCUT2D eigenvalue weighted by Gasteiger charge is -2.33. The summed E-state index contributed by atoms with van der Waals surface area (Å²) in [6, 6.07) is 5.52. The molecule has 0 aromatic carbocycles. The SMILES string of the molecule is Cc1cc(C(=O)NC[C@@H](c2ccco2)N2CCSCC2)no1. The molecular weight excluding hydrogens is 302 g/mol. The Morgan fingerprint density at radius 2 is 2.32 bits per heavy atom. The van der Waals surface area contributed by atoms with E-state index in [9.17, 15) is 4.79 Å². The van der Waals surface area contributed by atoms with Gasteiger partial charge in [0.1, 0.15) is 11.5 Å². The number of thioether (sulfide) groups is 1. The Labute approximate surface area is 133 Å². The predicted octanol–water partition coefficient (Wildman–Crippen LogP) is 2.10. The van der Waals surface area contributed by atoms with Crippen LogP contribution in [0.3, 0.4) is 0 Å². The van der Waals surface area contributed by atoms with Crippen LogP contribution in [0.2, 0.25) is 0 Å². The third kappa shape index (κ3) is 3.53. The fraction of sp³-hybridized carbons (Fsp3) is 0.467. The van der Waals surface area contributed by atoms with Crippen LogP contribution in [0.15, 0.2) is 33.4 Å². The third-order valence-electron chi connectivity index (χ3n) is 3.67. The van der Waals surface area contributed by atoms with Crippen LogP contribution in [0.1, 0.15) is 28.1 Å². The van der Waals surface area contributed by atoms with Gasteiger partial charge in [-0.15, -0.1) is 0 Å². The van der Waals surface area contributed by atoms with E-state index in [1.807, 2.05) is 23.9 Å². The van der Waals surface area contributed by atoms with Gasteiger partial charge in [0.25, 0.3) is 5.91 Å². The van der Waals surface area contributed by atoms with Gasteiger partial charge in [0, 0.05) is 37.2 Å². The summed E-state index contributed by atoms with van der Waals surface area (Å²) in [5.41, 5.74) is 0.310. The molecule has 118 valence electrons. The highest BCUT2D eigenvalue weighted by atomic mass is 32.2. The van der Waals surface area contributed by atoms with Crippen molar-refractivity contribution in [3.63, 3.8) is 0 Å². The number of carbonyl (C=O) groups is 1. The number of hydrogen-bond donors (Lipinski definition) is 1. The molecule has 0 bridgehead atoms. The monoisotopic (exact) mass is 321 g/mol. The molecule has 1 aliphatic heterocycles. The van der Waals surface area contributed by atoms with Crippen molar-refractivity contribution in [3.8, 4) is 0 Å². The number of nitrogens with zero attached hydrogens (tertiary/aromatic N) is 2. The van der Waals surface area contributed by atoms with Gasteiger partial charge < -0.3 is 14.3 Å². The first kappa shape index (κ1) is 15.2. The first-order chi connectivity index (χ1) is 10.7. The van der Waals surface area contributed by atoms with E-state index >= 15 is 0 Å². The molecule has 1 amide bonds. The molecule has 3 rings (SSSR count). The molecule has 22 heavy (non-hydrogen) atoms. The van der Waals surface area contributed by atoms with Gasteiger partial charge in [0.2, 0.25) is 0 Å². The highest BCUT2D eigenvalue weighted by Gasteiger charge is 2.25. The average Bonchev–Trinajstić information content (AvgIpc) is 3.20. The van der Waals surface area contributed by atoms with Crippen molar-refractivity contribution in [2.24, 2.45) is 0 Å². The molecule has 6 nitrogen and oxygen atoms in total. The Balaban J connectivity index is 1.66. The second kappa shape index (κ2) is 7.02. The standard InChI is InChI=1S/C15H19N3O3S/c1-11-9-12(17-21-11)15(19)16-10-13(14-3-2-6-20-14)18-4-7-22-8-5-18/h2-3,6,9,13H,4-5,7-8,10H2,1H3,(H,16,19)/t13-/m0/s1. The lowest BCUT2D eigenvalue weighted by atomic mass is 10.1. The molecule has 0 radical (unpaired) electrons. The first-order valence-corrected chi connectivity index (χ1v) is 8.46. The number of carbonyl (C=O) groups excluding carboxylic acids is 1. The van der Waals surface area contributed by atoms with Gasteiger partial charge in [-0.05, 0) is 19.1 Å². The Morgan fingerprint density at radius 1 is 1.50 bits per heavy atom. The van der Waals surface area contributed by atoms with E-state index in [2.05, 4.69) is 15.4 Å². The zero-order valence-electron chi connectivity index (χ0n) is 12.4. The van der Waals surface area contributed by atoms with Crippen LogP contribution >= 0.6 is 11.8 Å². The molecule has 3 heterocycles. The van der Waals surface area contributed by atoms with Crippen LogP contribution in [-0.4, -0.2) is 47.1 Å². The lowest BCUT2D eigenvalue weighted by Crippen LogP contribution is -2.42. The van der Waals surface area contributed by atoms with Crippen LogP contribution in [0.25, 0.3) is 0 Å². The molecule has 0 spiro atoms. The largest absolute Gasteiger partial charge is 0.468 e. The van der Waals surface area contributed by atoms with Gasteiger partial charge in [0.15, 0.2) is 5.69 Å². The molecule has 2 aromatic rings. The fourth-order valence-corrected chi connectivity index (χ4v) is 3.46. The van der Waals surface area contributed by atoms with Crippen molar-refractivity contribution < 1.29 is 13.7 Å². The quantitative estimate of drug-likeness (QED) is 0.909. The van der Waals surface area contributed by atoms with E-state index in [1.54, 1.807) is 19.3 Å². The summed E-state index contributed by atoms with van der Waals surface area (Å²) in [6.07, 6.45) is 1.67. The highest BCUT2D eigenvalue weighted by molar-refractivity contribution is 7.99. The van der Waals surface area contributed by atoms with Crippen molar-refractivity contribution in [1.82, 2.24) is 15.4 Å². The smallest absolute Gasteiger partial charge is 0.273 e. The Kier molecular flexibility index (Phi) is 4.84. The zero-order chi connectivity index (χ0) is 15.4. The molecule has 1 fully saturated rings. The van der Waals surface area contributed by atoms with Gasteiger partial charge >= 0.3 is 0 Å². The van der Waals surface area contributed by atoms with E-state index in [0.717, 1.165) is 30.4 Å². The topological polar surface area (TPSA) is 71.5 Å². The summed E-state index contributed by atoms with van der Waals surface area (Å²) < 4.78 is 10.5. The number of hydrogen-bond acceptors (Lipinski definition) is 6. The minimum Gasteiger partial charge on any atom is -0.468 e. The van der Waals surface area contributed by atoms with Gasteiger partial charge in [0.05, 0.1) is 12.3 Å². The van der Waals surface area contributed by atoms with Crippen LogP contribution < -0.4 is 5.32 Å².